The van der Waals surface area contributed by atoms with Crippen molar-refractivity contribution in [2.45, 2.75) is 39.2 Å². The van der Waals surface area contributed by atoms with Gasteiger partial charge in [-0.15, -0.1) is 22.7 Å². The number of nitrogen functional groups attached to an aromatic ring is 1. The monoisotopic (exact) mass is 413 g/mol. The van der Waals surface area contributed by atoms with Gasteiger partial charge in [-0.2, -0.15) is 5.10 Å². The summed E-state index contributed by atoms with van der Waals surface area (Å²) in [5.74, 6) is 0.545. The van der Waals surface area contributed by atoms with Crippen LogP contribution in [0.4, 0.5) is 5.82 Å². The molecule has 0 saturated heterocycles. The van der Waals surface area contributed by atoms with Gasteiger partial charge in [0.15, 0.2) is 12.4 Å². The molecule has 28 heavy (non-hydrogen) atoms. The lowest BCUT2D eigenvalue weighted by Gasteiger charge is -2.10. The number of aromatic nitrogens is 4. The summed E-state index contributed by atoms with van der Waals surface area (Å²) in [7, 11) is 1.87. The molecule has 4 heterocycles. The maximum Gasteiger partial charge on any atom is 0.348 e. The molecule has 5 rings (SSSR count). The minimum atomic E-state index is -0.381. The Bertz CT molecular complexity index is 1200. The fourth-order valence-corrected chi connectivity index (χ4v) is 6.11. The topological polar surface area (TPSA) is 95.9 Å². The summed E-state index contributed by atoms with van der Waals surface area (Å²) in [6.45, 7) is 1.93. The van der Waals surface area contributed by atoms with Gasteiger partial charge in [-0.25, -0.2) is 14.8 Å². The van der Waals surface area contributed by atoms with Crippen molar-refractivity contribution >= 4 is 54.9 Å². The van der Waals surface area contributed by atoms with Crippen molar-refractivity contribution in [3.8, 4) is 0 Å². The summed E-state index contributed by atoms with van der Waals surface area (Å²) in [6.07, 6.45) is 4.52. The normalized spacial score (nSPS) is 13.9. The summed E-state index contributed by atoms with van der Waals surface area (Å²) in [5.41, 5.74) is 8.43. The molecule has 4 aromatic heterocycles. The first-order valence-corrected chi connectivity index (χ1v) is 10.8. The van der Waals surface area contributed by atoms with Crippen LogP contribution in [0.1, 0.15) is 44.5 Å². The zero-order valence-corrected chi connectivity index (χ0v) is 17.2. The van der Waals surface area contributed by atoms with Crippen molar-refractivity contribution in [2.24, 2.45) is 7.05 Å². The molecular formula is C19H19N5O2S2. The van der Waals surface area contributed by atoms with Crippen LogP contribution in [-0.4, -0.2) is 25.7 Å². The number of thiophene rings is 2. The number of esters is 1. The fraction of sp³-hybridized carbons (Fsp3) is 0.368. The number of anilines is 1. The van der Waals surface area contributed by atoms with E-state index in [1.807, 2.05) is 20.0 Å². The van der Waals surface area contributed by atoms with Gasteiger partial charge in [-0.1, -0.05) is 0 Å². The number of carbonyl (C=O) groups is 1. The Morgan fingerprint density at radius 2 is 2.11 bits per heavy atom. The van der Waals surface area contributed by atoms with E-state index in [1.165, 1.54) is 34.6 Å². The Morgan fingerprint density at radius 1 is 1.29 bits per heavy atom. The molecule has 7 nitrogen and oxygen atoms in total. The van der Waals surface area contributed by atoms with Gasteiger partial charge in [-0.05, 0) is 44.2 Å². The molecule has 0 saturated carbocycles. The highest BCUT2D eigenvalue weighted by molar-refractivity contribution is 7.20. The van der Waals surface area contributed by atoms with Gasteiger partial charge in [0.1, 0.15) is 20.4 Å². The van der Waals surface area contributed by atoms with E-state index >= 15 is 0 Å². The molecule has 0 spiro atoms. The Kier molecular flexibility index (Phi) is 4.09. The van der Waals surface area contributed by atoms with Crippen LogP contribution in [0.15, 0.2) is 6.07 Å². The lowest BCUT2D eigenvalue weighted by Crippen LogP contribution is -2.08. The van der Waals surface area contributed by atoms with Gasteiger partial charge >= 0.3 is 5.97 Å². The van der Waals surface area contributed by atoms with Crippen LogP contribution in [0.25, 0.3) is 20.4 Å². The van der Waals surface area contributed by atoms with E-state index in [0.29, 0.717) is 16.5 Å². The van der Waals surface area contributed by atoms with Crippen molar-refractivity contribution in [1.82, 2.24) is 19.7 Å². The smallest absolute Gasteiger partial charge is 0.348 e. The van der Waals surface area contributed by atoms with Gasteiger partial charge in [0.05, 0.1) is 11.1 Å². The van der Waals surface area contributed by atoms with Crippen LogP contribution in [0, 0.1) is 6.92 Å². The van der Waals surface area contributed by atoms with Crippen molar-refractivity contribution in [1.29, 1.82) is 0 Å². The van der Waals surface area contributed by atoms with Crippen LogP contribution >= 0.6 is 22.7 Å². The first kappa shape index (κ1) is 17.6. The quantitative estimate of drug-likeness (QED) is 0.514. The van der Waals surface area contributed by atoms with Crippen LogP contribution in [0.2, 0.25) is 0 Å². The van der Waals surface area contributed by atoms with Crippen LogP contribution < -0.4 is 5.73 Å². The molecule has 0 radical (unpaired) electrons. The van der Waals surface area contributed by atoms with E-state index in [0.717, 1.165) is 39.0 Å². The Labute approximate surface area is 169 Å². The summed E-state index contributed by atoms with van der Waals surface area (Å²) in [6, 6.07) is 1.83. The first-order chi connectivity index (χ1) is 13.5. The standard InChI is InChI=1S/C19H19N5O2S2/c1-9-11-7-13(28-18(11)24(2)23-9)19(25)26-8-14-21-16(20)15-10-5-3-4-6-12(10)27-17(15)22-14/h7H,3-6,8H2,1-2H3,(H2,20,21,22). The second-order valence-electron chi connectivity index (χ2n) is 7.03. The third-order valence-corrected chi connectivity index (χ3v) is 7.49. The van der Waals surface area contributed by atoms with E-state index in [9.17, 15) is 4.79 Å². The average molecular weight is 414 g/mol. The minimum Gasteiger partial charge on any atom is -0.453 e. The molecule has 9 heteroatoms. The third-order valence-electron chi connectivity index (χ3n) is 5.12. The zero-order chi connectivity index (χ0) is 19.4. The molecule has 0 fully saturated rings. The fourth-order valence-electron chi connectivity index (χ4n) is 3.80. The van der Waals surface area contributed by atoms with Gasteiger partial charge in [-0.3, -0.25) is 4.68 Å². The highest BCUT2D eigenvalue weighted by atomic mass is 32.1. The van der Waals surface area contributed by atoms with Crippen LogP contribution in [0.5, 0.6) is 0 Å². The summed E-state index contributed by atoms with van der Waals surface area (Å²) < 4.78 is 7.24. The molecule has 0 atom stereocenters. The lowest BCUT2D eigenvalue weighted by molar-refractivity contribution is 0.0468. The highest BCUT2D eigenvalue weighted by Gasteiger charge is 2.21. The Hall–Kier alpha value is -2.52. The maximum atomic E-state index is 12.5. The number of carbonyl (C=O) groups excluding carboxylic acids is 1. The van der Waals surface area contributed by atoms with Crippen LogP contribution in [-0.2, 0) is 31.2 Å². The van der Waals surface area contributed by atoms with Gasteiger partial charge < -0.3 is 10.5 Å². The van der Waals surface area contributed by atoms with E-state index in [1.54, 1.807) is 16.0 Å². The third kappa shape index (κ3) is 2.77. The summed E-state index contributed by atoms with van der Waals surface area (Å²) in [4.78, 5) is 25.3. The van der Waals surface area contributed by atoms with Gasteiger partial charge in [0, 0.05) is 17.3 Å². The minimum absolute atomic E-state index is 0.00696. The Balaban J connectivity index is 1.39. The predicted octanol–water partition coefficient (Wildman–Crippen LogP) is 3.77. The van der Waals surface area contributed by atoms with E-state index in [4.69, 9.17) is 10.5 Å². The van der Waals surface area contributed by atoms with Crippen molar-refractivity contribution in [3.05, 3.63) is 32.9 Å². The molecule has 0 unspecified atom stereocenters. The number of nitrogens with zero attached hydrogens (tertiary/aromatic N) is 4. The number of nitrogens with two attached hydrogens (primary N) is 1. The number of rotatable bonds is 3. The largest absolute Gasteiger partial charge is 0.453 e. The average Bonchev–Trinajstić information content (AvgIpc) is 3.33. The zero-order valence-electron chi connectivity index (χ0n) is 15.6. The molecule has 0 amide bonds. The SMILES string of the molecule is Cc1nn(C)c2sc(C(=O)OCc3nc(N)c4c5c(sc4n3)CCCC5)cc12. The molecule has 4 aromatic rings. The number of hydrogen-bond donors (Lipinski definition) is 1. The molecule has 0 bridgehead atoms. The first-order valence-electron chi connectivity index (χ1n) is 9.18. The van der Waals surface area contributed by atoms with Crippen molar-refractivity contribution in [2.75, 3.05) is 5.73 Å². The van der Waals surface area contributed by atoms with Crippen molar-refractivity contribution < 1.29 is 9.53 Å². The summed E-state index contributed by atoms with van der Waals surface area (Å²) >= 11 is 3.06. The summed E-state index contributed by atoms with van der Waals surface area (Å²) in [5, 5.41) is 6.32. The van der Waals surface area contributed by atoms with Crippen LogP contribution in [0.3, 0.4) is 0 Å². The Morgan fingerprint density at radius 3 is 2.93 bits per heavy atom. The maximum absolute atomic E-state index is 12.5. The van der Waals surface area contributed by atoms with E-state index in [-0.39, 0.29) is 12.6 Å². The molecule has 1 aliphatic rings. The van der Waals surface area contributed by atoms with E-state index in [2.05, 4.69) is 15.1 Å². The second-order valence-corrected chi connectivity index (χ2v) is 9.15. The number of hydrogen-bond acceptors (Lipinski definition) is 8. The molecule has 0 aromatic carbocycles. The molecule has 144 valence electrons. The molecule has 0 aliphatic heterocycles. The molecule has 2 N–H and O–H groups in total. The lowest BCUT2D eigenvalue weighted by atomic mass is 9.97. The number of ether oxygens (including phenoxy) is 1. The van der Waals surface area contributed by atoms with Gasteiger partial charge in [0.2, 0.25) is 0 Å². The predicted molar refractivity (Wildman–Crippen MR) is 111 cm³/mol. The van der Waals surface area contributed by atoms with Crippen molar-refractivity contribution in [3.63, 3.8) is 0 Å². The molecule has 1 aliphatic carbocycles. The molecular weight excluding hydrogens is 394 g/mol. The van der Waals surface area contributed by atoms with E-state index < -0.39 is 0 Å². The number of fused-ring (bicyclic) bond motifs is 4. The van der Waals surface area contributed by atoms with Gasteiger partial charge in [0.25, 0.3) is 0 Å². The highest BCUT2D eigenvalue weighted by Crippen LogP contribution is 2.37. The number of aryl methyl sites for hydroxylation is 4. The second kappa shape index (κ2) is 6.52.